The highest BCUT2D eigenvalue weighted by atomic mass is 32.2. The van der Waals surface area contributed by atoms with Crippen molar-refractivity contribution < 1.29 is 13.2 Å². The second kappa shape index (κ2) is 5.26. The molecule has 1 unspecified atom stereocenters. The standard InChI is InChI=1S/C16H15NO3S/c1-2-8-16-20-15-12-7-6-11-14(15)17(21(16,18)19)13-9-4-3-5-10-13/h2-7,9-12,16H,1,8H2. The van der Waals surface area contributed by atoms with Crippen LogP contribution in [0.3, 0.4) is 0 Å². The Labute approximate surface area is 124 Å². The van der Waals surface area contributed by atoms with E-state index < -0.39 is 15.5 Å². The zero-order valence-corrected chi connectivity index (χ0v) is 12.2. The molecule has 0 aromatic heterocycles. The Morgan fingerprint density at radius 1 is 1.10 bits per heavy atom. The molecule has 4 nitrogen and oxygen atoms in total. The van der Waals surface area contributed by atoms with Crippen LogP contribution in [-0.2, 0) is 10.0 Å². The molecule has 2 aromatic carbocycles. The number of ether oxygens (including phenoxy) is 1. The first-order valence-electron chi connectivity index (χ1n) is 6.60. The van der Waals surface area contributed by atoms with Gasteiger partial charge in [0, 0.05) is 6.42 Å². The molecule has 0 saturated heterocycles. The quantitative estimate of drug-likeness (QED) is 0.816. The molecule has 0 fully saturated rings. The Balaban J connectivity index is 2.21. The molecular weight excluding hydrogens is 286 g/mol. The molecule has 0 bridgehead atoms. The molecule has 21 heavy (non-hydrogen) atoms. The summed E-state index contributed by atoms with van der Waals surface area (Å²) >= 11 is 0. The topological polar surface area (TPSA) is 46.6 Å². The molecule has 1 heterocycles. The van der Waals surface area contributed by atoms with Crippen molar-refractivity contribution in [2.45, 2.75) is 11.9 Å². The molecule has 1 aliphatic heterocycles. The fraction of sp³-hybridized carbons (Fsp3) is 0.125. The summed E-state index contributed by atoms with van der Waals surface area (Å²) in [7, 11) is -3.65. The number of rotatable bonds is 3. The van der Waals surface area contributed by atoms with Gasteiger partial charge < -0.3 is 4.74 Å². The Morgan fingerprint density at radius 2 is 1.76 bits per heavy atom. The number of anilines is 2. The lowest BCUT2D eigenvalue weighted by Crippen LogP contribution is -2.42. The highest BCUT2D eigenvalue weighted by Gasteiger charge is 2.40. The maximum atomic E-state index is 12.8. The number of fused-ring (bicyclic) bond motifs is 1. The molecule has 3 rings (SSSR count). The van der Waals surface area contributed by atoms with E-state index in [0.717, 1.165) is 0 Å². The number of hydrogen-bond acceptors (Lipinski definition) is 3. The van der Waals surface area contributed by atoms with E-state index in [1.54, 1.807) is 36.4 Å². The van der Waals surface area contributed by atoms with Gasteiger partial charge in [0.05, 0.1) is 11.4 Å². The number of sulfonamides is 1. The minimum absolute atomic E-state index is 0.236. The van der Waals surface area contributed by atoms with Crippen molar-refractivity contribution >= 4 is 21.4 Å². The van der Waals surface area contributed by atoms with Crippen molar-refractivity contribution in [1.29, 1.82) is 0 Å². The monoisotopic (exact) mass is 301 g/mol. The fourth-order valence-electron chi connectivity index (χ4n) is 2.34. The van der Waals surface area contributed by atoms with Gasteiger partial charge in [-0.2, -0.15) is 0 Å². The van der Waals surface area contributed by atoms with E-state index >= 15 is 0 Å². The van der Waals surface area contributed by atoms with Crippen LogP contribution >= 0.6 is 0 Å². The molecule has 5 heteroatoms. The van der Waals surface area contributed by atoms with Crippen LogP contribution in [0.2, 0.25) is 0 Å². The van der Waals surface area contributed by atoms with E-state index in [2.05, 4.69) is 6.58 Å². The molecule has 108 valence electrons. The molecule has 0 radical (unpaired) electrons. The van der Waals surface area contributed by atoms with E-state index in [4.69, 9.17) is 4.74 Å². The summed E-state index contributed by atoms with van der Waals surface area (Å²) in [5.41, 5.74) is 0.177. The Hall–Kier alpha value is -2.27. The third-order valence-electron chi connectivity index (χ3n) is 3.28. The summed E-state index contributed by atoms with van der Waals surface area (Å²) in [6.45, 7) is 3.61. The molecule has 1 atom stereocenters. The predicted molar refractivity (Wildman–Crippen MR) is 83.2 cm³/mol. The molecular formula is C16H15NO3S. The SMILES string of the molecule is C=CCC1Oc2ccccc2N(c2ccccc2)S1(=O)=O. The van der Waals surface area contributed by atoms with Crippen LogP contribution in [0.4, 0.5) is 11.4 Å². The van der Waals surface area contributed by atoms with E-state index in [9.17, 15) is 8.42 Å². The van der Waals surface area contributed by atoms with Gasteiger partial charge in [-0.15, -0.1) is 6.58 Å². The van der Waals surface area contributed by atoms with Crippen molar-refractivity contribution in [2.75, 3.05) is 4.31 Å². The van der Waals surface area contributed by atoms with Crippen LogP contribution in [0, 0.1) is 0 Å². The van der Waals surface area contributed by atoms with E-state index in [1.165, 1.54) is 4.31 Å². The largest absolute Gasteiger partial charge is 0.470 e. The summed E-state index contributed by atoms with van der Waals surface area (Å²) in [4.78, 5) is 0. The fourth-order valence-corrected chi connectivity index (χ4v) is 4.02. The predicted octanol–water partition coefficient (Wildman–Crippen LogP) is 3.45. The highest BCUT2D eigenvalue weighted by molar-refractivity contribution is 7.93. The van der Waals surface area contributed by atoms with Crippen LogP contribution in [0.1, 0.15) is 6.42 Å². The smallest absolute Gasteiger partial charge is 0.278 e. The van der Waals surface area contributed by atoms with Gasteiger partial charge in [-0.3, -0.25) is 0 Å². The second-order valence-electron chi connectivity index (χ2n) is 4.68. The minimum atomic E-state index is -3.65. The van der Waals surface area contributed by atoms with Gasteiger partial charge in [0.15, 0.2) is 0 Å². The average molecular weight is 301 g/mol. The number of para-hydroxylation sites is 3. The molecule has 2 aromatic rings. The summed E-state index contributed by atoms with van der Waals surface area (Å²) < 4.78 is 32.6. The Bertz CT molecular complexity index is 756. The van der Waals surface area contributed by atoms with Crippen LogP contribution < -0.4 is 9.04 Å². The zero-order valence-electron chi connectivity index (χ0n) is 11.3. The normalized spacial score (nSPS) is 19.4. The van der Waals surface area contributed by atoms with Crippen molar-refractivity contribution in [1.82, 2.24) is 0 Å². The Kier molecular flexibility index (Phi) is 3.43. The second-order valence-corrected chi connectivity index (χ2v) is 6.61. The first-order chi connectivity index (χ1) is 10.1. The number of nitrogens with zero attached hydrogens (tertiary/aromatic N) is 1. The van der Waals surface area contributed by atoms with E-state index in [-0.39, 0.29) is 6.42 Å². The van der Waals surface area contributed by atoms with Gasteiger partial charge in [-0.25, -0.2) is 12.7 Å². The molecule has 0 saturated carbocycles. The average Bonchev–Trinajstić information content (AvgIpc) is 2.49. The maximum Gasteiger partial charge on any atom is 0.278 e. The van der Waals surface area contributed by atoms with Gasteiger partial charge in [-0.1, -0.05) is 36.4 Å². The van der Waals surface area contributed by atoms with Crippen molar-refractivity contribution in [3.05, 3.63) is 67.3 Å². The van der Waals surface area contributed by atoms with Crippen molar-refractivity contribution in [3.8, 4) is 5.75 Å². The third kappa shape index (κ3) is 2.29. The van der Waals surface area contributed by atoms with Crippen LogP contribution in [0.15, 0.2) is 67.3 Å². The Morgan fingerprint density at radius 3 is 2.48 bits per heavy atom. The first kappa shape index (κ1) is 13.7. The molecule has 0 aliphatic carbocycles. The summed E-state index contributed by atoms with van der Waals surface area (Å²) in [6.07, 6.45) is 1.79. The van der Waals surface area contributed by atoms with Gasteiger partial charge in [-0.05, 0) is 24.3 Å². The highest BCUT2D eigenvalue weighted by Crippen LogP contribution is 2.42. The molecule has 0 spiro atoms. The van der Waals surface area contributed by atoms with Gasteiger partial charge in [0.1, 0.15) is 5.75 Å². The lowest BCUT2D eigenvalue weighted by Gasteiger charge is -2.35. The number of benzene rings is 2. The van der Waals surface area contributed by atoms with Crippen molar-refractivity contribution in [2.24, 2.45) is 0 Å². The molecule has 1 aliphatic rings. The summed E-state index contributed by atoms with van der Waals surface area (Å²) in [5.74, 6) is 0.558. The minimum Gasteiger partial charge on any atom is -0.470 e. The lowest BCUT2D eigenvalue weighted by molar-refractivity contribution is 0.272. The molecule has 0 amide bonds. The van der Waals surface area contributed by atoms with Gasteiger partial charge in [0.25, 0.3) is 10.0 Å². The van der Waals surface area contributed by atoms with E-state index in [0.29, 0.717) is 17.1 Å². The van der Waals surface area contributed by atoms with Crippen LogP contribution in [-0.4, -0.2) is 13.9 Å². The summed E-state index contributed by atoms with van der Waals surface area (Å²) in [5, 5.41) is 0. The summed E-state index contributed by atoms with van der Waals surface area (Å²) in [6, 6.07) is 16.1. The van der Waals surface area contributed by atoms with Gasteiger partial charge >= 0.3 is 0 Å². The van der Waals surface area contributed by atoms with Gasteiger partial charge in [0.2, 0.25) is 5.44 Å². The first-order valence-corrected chi connectivity index (χ1v) is 8.10. The lowest BCUT2D eigenvalue weighted by atomic mass is 10.2. The molecule has 0 N–H and O–H groups in total. The zero-order chi connectivity index (χ0) is 14.9. The third-order valence-corrected chi connectivity index (χ3v) is 5.15. The van der Waals surface area contributed by atoms with Crippen LogP contribution in [0.5, 0.6) is 5.75 Å². The van der Waals surface area contributed by atoms with Crippen molar-refractivity contribution in [3.63, 3.8) is 0 Å². The number of hydrogen-bond donors (Lipinski definition) is 0. The maximum absolute atomic E-state index is 12.8. The van der Waals surface area contributed by atoms with E-state index in [1.807, 2.05) is 24.3 Å². The van der Waals surface area contributed by atoms with Crippen LogP contribution in [0.25, 0.3) is 0 Å².